The molecule has 0 radical (unpaired) electrons. The van der Waals surface area contributed by atoms with Crippen molar-refractivity contribution in [3.63, 3.8) is 0 Å². The zero-order valence-electron chi connectivity index (χ0n) is 16.8. The van der Waals surface area contributed by atoms with Gasteiger partial charge in [0.25, 0.3) is 5.56 Å². The molecule has 162 valence electrons. The van der Waals surface area contributed by atoms with Gasteiger partial charge in [0.05, 0.1) is 23.7 Å². The van der Waals surface area contributed by atoms with Gasteiger partial charge in [-0.05, 0) is 60.7 Å². The molecule has 0 bridgehead atoms. The number of aromatic nitrogens is 2. The number of carbonyl (C=O) groups excluding carboxylic acids is 1. The van der Waals surface area contributed by atoms with Crippen LogP contribution in [0.2, 0.25) is 10.0 Å². The standard InChI is InChI=1S/C23H17Cl2N3O4/c1-32-18-8-6-16(7-9-18)26-21(29)13-27-20-12-15(25)5-10-19(20)22(30)28(23(27)31)17-4-2-3-14(24)11-17/h2-12H,13H2,1H3,(H,26,29). The van der Waals surface area contributed by atoms with E-state index < -0.39 is 17.2 Å². The molecule has 1 amide bonds. The molecule has 3 aromatic carbocycles. The summed E-state index contributed by atoms with van der Waals surface area (Å²) in [7, 11) is 1.55. The molecule has 0 aliphatic heterocycles. The van der Waals surface area contributed by atoms with E-state index in [1.165, 1.54) is 22.8 Å². The van der Waals surface area contributed by atoms with Gasteiger partial charge in [-0.2, -0.15) is 0 Å². The van der Waals surface area contributed by atoms with Crippen LogP contribution in [0, 0.1) is 0 Å². The van der Waals surface area contributed by atoms with Crippen LogP contribution in [0.4, 0.5) is 5.69 Å². The summed E-state index contributed by atoms with van der Waals surface area (Å²) in [6, 6.07) is 17.7. The number of benzene rings is 3. The molecular formula is C23H17Cl2N3O4. The van der Waals surface area contributed by atoms with E-state index in [0.29, 0.717) is 27.2 Å². The Bertz CT molecular complexity index is 1440. The largest absolute Gasteiger partial charge is 0.497 e. The van der Waals surface area contributed by atoms with Crippen molar-refractivity contribution in [1.82, 2.24) is 9.13 Å². The fourth-order valence-electron chi connectivity index (χ4n) is 3.35. The maximum Gasteiger partial charge on any atom is 0.336 e. The molecule has 0 saturated carbocycles. The molecule has 0 aliphatic rings. The van der Waals surface area contributed by atoms with Crippen molar-refractivity contribution in [2.45, 2.75) is 6.54 Å². The SMILES string of the molecule is COc1ccc(NC(=O)Cn2c(=O)n(-c3cccc(Cl)c3)c(=O)c3ccc(Cl)cc32)cc1. The number of rotatable bonds is 5. The van der Waals surface area contributed by atoms with Crippen LogP contribution < -0.4 is 21.3 Å². The van der Waals surface area contributed by atoms with Crippen molar-refractivity contribution in [3.8, 4) is 11.4 Å². The molecule has 9 heteroatoms. The van der Waals surface area contributed by atoms with Gasteiger partial charge in [0, 0.05) is 15.7 Å². The Labute approximate surface area is 192 Å². The van der Waals surface area contributed by atoms with Crippen LogP contribution in [0.1, 0.15) is 0 Å². The van der Waals surface area contributed by atoms with E-state index in [0.717, 1.165) is 4.57 Å². The Balaban J connectivity index is 1.82. The average Bonchev–Trinajstić information content (AvgIpc) is 2.77. The summed E-state index contributed by atoms with van der Waals surface area (Å²) in [6.45, 7) is -0.331. The van der Waals surface area contributed by atoms with Crippen LogP contribution >= 0.6 is 23.2 Å². The van der Waals surface area contributed by atoms with Crippen LogP contribution in [-0.2, 0) is 11.3 Å². The van der Waals surface area contributed by atoms with Gasteiger partial charge in [-0.25, -0.2) is 9.36 Å². The second-order valence-electron chi connectivity index (χ2n) is 6.93. The second-order valence-corrected chi connectivity index (χ2v) is 7.80. The van der Waals surface area contributed by atoms with Gasteiger partial charge in [-0.15, -0.1) is 0 Å². The zero-order valence-corrected chi connectivity index (χ0v) is 18.4. The number of hydrogen-bond donors (Lipinski definition) is 1. The highest BCUT2D eigenvalue weighted by atomic mass is 35.5. The van der Waals surface area contributed by atoms with Crippen LogP contribution in [0.25, 0.3) is 16.6 Å². The lowest BCUT2D eigenvalue weighted by Gasteiger charge is -2.15. The molecule has 0 unspecified atom stereocenters. The second kappa shape index (κ2) is 8.90. The summed E-state index contributed by atoms with van der Waals surface area (Å²) < 4.78 is 7.31. The quantitative estimate of drug-likeness (QED) is 0.476. The maximum atomic E-state index is 13.3. The van der Waals surface area contributed by atoms with Gasteiger partial charge in [-0.3, -0.25) is 14.2 Å². The van der Waals surface area contributed by atoms with Gasteiger partial charge >= 0.3 is 5.69 Å². The van der Waals surface area contributed by atoms with E-state index in [9.17, 15) is 14.4 Å². The molecule has 0 atom stereocenters. The van der Waals surface area contributed by atoms with Gasteiger partial charge in [0.1, 0.15) is 12.3 Å². The molecule has 7 nitrogen and oxygen atoms in total. The third kappa shape index (κ3) is 4.26. The molecule has 1 N–H and O–H groups in total. The monoisotopic (exact) mass is 469 g/mol. The first-order chi connectivity index (χ1) is 15.4. The number of ether oxygens (including phenoxy) is 1. The number of hydrogen-bond acceptors (Lipinski definition) is 4. The molecule has 4 aromatic rings. The number of halogens is 2. The van der Waals surface area contributed by atoms with E-state index in [4.69, 9.17) is 27.9 Å². The molecule has 0 spiro atoms. The first kappa shape index (κ1) is 21.7. The first-order valence-corrected chi connectivity index (χ1v) is 10.3. The Morgan fingerprint density at radius 1 is 0.969 bits per heavy atom. The highest BCUT2D eigenvalue weighted by Crippen LogP contribution is 2.19. The van der Waals surface area contributed by atoms with Gasteiger partial charge < -0.3 is 10.1 Å². The van der Waals surface area contributed by atoms with Crippen molar-refractivity contribution in [1.29, 1.82) is 0 Å². The topological polar surface area (TPSA) is 82.3 Å². The predicted octanol–water partition coefficient (Wildman–Crippen LogP) is 4.11. The van der Waals surface area contributed by atoms with E-state index in [1.807, 2.05) is 0 Å². The minimum Gasteiger partial charge on any atom is -0.497 e. The summed E-state index contributed by atoms with van der Waals surface area (Å²) in [6.07, 6.45) is 0. The summed E-state index contributed by atoms with van der Waals surface area (Å²) in [5.41, 5.74) is -0.119. The molecule has 4 rings (SSSR count). The Hall–Kier alpha value is -3.55. The summed E-state index contributed by atoms with van der Waals surface area (Å²) in [4.78, 5) is 39.2. The van der Waals surface area contributed by atoms with E-state index in [2.05, 4.69) is 5.32 Å². The minimum atomic E-state index is -0.683. The lowest BCUT2D eigenvalue weighted by Crippen LogP contribution is -2.40. The third-order valence-corrected chi connectivity index (χ3v) is 5.32. The Kier molecular flexibility index (Phi) is 6.03. The fraction of sp³-hybridized carbons (Fsp3) is 0.0870. The number of methoxy groups -OCH3 is 1. The van der Waals surface area contributed by atoms with Crippen LogP contribution in [0.15, 0.2) is 76.3 Å². The Morgan fingerprint density at radius 2 is 1.69 bits per heavy atom. The van der Waals surface area contributed by atoms with E-state index >= 15 is 0 Å². The number of nitrogens with one attached hydrogen (secondary N) is 1. The summed E-state index contributed by atoms with van der Waals surface area (Å²) >= 11 is 12.2. The smallest absolute Gasteiger partial charge is 0.336 e. The average molecular weight is 470 g/mol. The fourth-order valence-corrected chi connectivity index (χ4v) is 3.71. The minimum absolute atomic E-state index is 0.242. The predicted molar refractivity (Wildman–Crippen MR) is 125 cm³/mol. The lowest BCUT2D eigenvalue weighted by atomic mass is 10.2. The summed E-state index contributed by atoms with van der Waals surface area (Å²) in [5.74, 6) is 0.197. The van der Waals surface area contributed by atoms with Gasteiger partial charge in [0.2, 0.25) is 5.91 Å². The number of fused-ring (bicyclic) bond motifs is 1. The lowest BCUT2D eigenvalue weighted by molar-refractivity contribution is -0.116. The molecule has 0 saturated heterocycles. The van der Waals surface area contributed by atoms with Crippen LogP contribution in [-0.4, -0.2) is 22.2 Å². The third-order valence-electron chi connectivity index (χ3n) is 4.85. The number of nitrogens with zero attached hydrogens (tertiary/aromatic N) is 2. The molecule has 32 heavy (non-hydrogen) atoms. The number of carbonyl (C=O) groups is 1. The van der Waals surface area contributed by atoms with Gasteiger partial charge in [0.15, 0.2) is 0 Å². The van der Waals surface area contributed by atoms with Crippen molar-refractivity contribution in [3.05, 3.63) is 97.6 Å². The van der Waals surface area contributed by atoms with Crippen molar-refractivity contribution in [2.75, 3.05) is 12.4 Å². The zero-order chi connectivity index (χ0) is 22.8. The first-order valence-electron chi connectivity index (χ1n) is 9.52. The molecular weight excluding hydrogens is 453 g/mol. The van der Waals surface area contributed by atoms with Crippen LogP contribution in [0.5, 0.6) is 5.75 Å². The van der Waals surface area contributed by atoms with Crippen molar-refractivity contribution < 1.29 is 9.53 Å². The van der Waals surface area contributed by atoms with E-state index in [1.54, 1.807) is 55.6 Å². The van der Waals surface area contributed by atoms with Crippen molar-refractivity contribution >= 4 is 45.7 Å². The molecule has 0 aliphatic carbocycles. The van der Waals surface area contributed by atoms with Crippen LogP contribution in [0.3, 0.4) is 0 Å². The molecule has 0 fully saturated rings. The highest BCUT2D eigenvalue weighted by Gasteiger charge is 2.17. The van der Waals surface area contributed by atoms with E-state index in [-0.39, 0.29) is 17.4 Å². The number of amides is 1. The van der Waals surface area contributed by atoms with Crippen molar-refractivity contribution in [2.24, 2.45) is 0 Å². The normalized spacial score (nSPS) is 10.8. The number of anilines is 1. The maximum absolute atomic E-state index is 13.3. The highest BCUT2D eigenvalue weighted by molar-refractivity contribution is 6.31. The van der Waals surface area contributed by atoms with Gasteiger partial charge in [-0.1, -0.05) is 29.3 Å². The Morgan fingerprint density at radius 3 is 2.38 bits per heavy atom. The molecule has 1 heterocycles. The summed E-state index contributed by atoms with van der Waals surface area (Å²) in [5, 5.41) is 3.68. The molecule has 1 aromatic heterocycles.